The molecular weight excluding hydrogens is 483 g/mol. The molecule has 0 saturated heterocycles. The molecule has 1 heterocycles. The molecule has 1 aromatic heterocycles. The van der Waals surface area contributed by atoms with Crippen molar-refractivity contribution in [2.24, 2.45) is 10.7 Å². The van der Waals surface area contributed by atoms with Crippen molar-refractivity contribution in [1.29, 1.82) is 0 Å². The van der Waals surface area contributed by atoms with Crippen molar-refractivity contribution in [2.75, 3.05) is 20.2 Å². The van der Waals surface area contributed by atoms with E-state index < -0.39 is 5.91 Å². The lowest BCUT2D eigenvalue weighted by Crippen LogP contribution is -2.38. The minimum Gasteiger partial charge on any atom is -0.497 e. The van der Waals surface area contributed by atoms with Gasteiger partial charge in [-0.1, -0.05) is 17.7 Å². The van der Waals surface area contributed by atoms with E-state index in [0.717, 1.165) is 24.3 Å². The van der Waals surface area contributed by atoms with Gasteiger partial charge in [-0.2, -0.15) is 0 Å². The number of carbonyl (C=O) groups excluding carboxylic acids is 1. The van der Waals surface area contributed by atoms with E-state index in [9.17, 15) is 4.79 Å². The largest absolute Gasteiger partial charge is 0.497 e. The number of primary amides is 1. The van der Waals surface area contributed by atoms with Crippen LogP contribution in [0.3, 0.4) is 0 Å². The van der Waals surface area contributed by atoms with Crippen LogP contribution >= 0.6 is 35.6 Å². The average Bonchev–Trinajstić information content (AvgIpc) is 3.10. The Balaban J connectivity index is 0.00000364. The van der Waals surface area contributed by atoms with Crippen molar-refractivity contribution in [1.82, 2.24) is 10.6 Å². The number of methoxy groups -OCH3 is 1. The van der Waals surface area contributed by atoms with Gasteiger partial charge >= 0.3 is 0 Å². The van der Waals surface area contributed by atoms with Gasteiger partial charge in [-0.3, -0.25) is 4.79 Å². The average molecular weight is 507 g/mol. The monoisotopic (exact) mass is 506 g/mol. The maximum atomic E-state index is 11.0. The van der Waals surface area contributed by atoms with Crippen LogP contribution in [-0.2, 0) is 13.0 Å². The summed E-state index contributed by atoms with van der Waals surface area (Å²) >= 11 is 6.25. The minimum atomic E-state index is -0.596. The Morgan fingerprint density at radius 2 is 2.07 bits per heavy atom. The number of hydrogen-bond donors (Lipinski definition) is 3. The highest BCUT2D eigenvalue weighted by Crippen LogP contribution is 2.22. The van der Waals surface area contributed by atoms with Gasteiger partial charge in [-0.25, -0.2) is 4.99 Å². The van der Waals surface area contributed by atoms with Crippen LogP contribution in [0.25, 0.3) is 0 Å². The fourth-order valence-electron chi connectivity index (χ4n) is 2.27. The molecule has 0 atom stereocenters. The zero-order valence-electron chi connectivity index (χ0n) is 15.3. The molecule has 2 aromatic rings. The molecule has 27 heavy (non-hydrogen) atoms. The van der Waals surface area contributed by atoms with Crippen LogP contribution < -0.4 is 21.1 Å². The molecule has 1 amide bonds. The molecule has 0 aliphatic rings. The first-order valence-corrected chi connectivity index (χ1v) is 8.64. The van der Waals surface area contributed by atoms with Gasteiger partial charge in [-0.15, -0.1) is 24.0 Å². The molecule has 0 aliphatic heterocycles. The number of amides is 1. The second-order valence-electron chi connectivity index (χ2n) is 5.46. The first-order chi connectivity index (χ1) is 12.5. The Hall–Kier alpha value is -1.94. The van der Waals surface area contributed by atoms with E-state index in [1.807, 2.05) is 19.1 Å². The van der Waals surface area contributed by atoms with E-state index in [2.05, 4.69) is 15.6 Å². The highest BCUT2D eigenvalue weighted by Gasteiger charge is 2.07. The van der Waals surface area contributed by atoms with Gasteiger partial charge in [0.2, 0.25) is 0 Å². The zero-order valence-corrected chi connectivity index (χ0v) is 18.3. The lowest BCUT2D eigenvalue weighted by atomic mass is 10.1. The Labute approximate surface area is 180 Å². The van der Waals surface area contributed by atoms with Gasteiger partial charge in [-0.05, 0) is 43.2 Å². The molecule has 0 fully saturated rings. The molecule has 0 aliphatic carbocycles. The number of carbonyl (C=O) groups is 1. The molecule has 148 valence electrons. The van der Waals surface area contributed by atoms with Crippen LogP contribution in [0.15, 0.2) is 39.7 Å². The van der Waals surface area contributed by atoms with E-state index in [1.54, 1.807) is 25.3 Å². The van der Waals surface area contributed by atoms with Crippen LogP contribution in [-0.4, -0.2) is 32.1 Å². The fraction of sp³-hybridized carbons (Fsp3) is 0.333. The number of hydrogen-bond acceptors (Lipinski definition) is 4. The molecular formula is C18H24ClIN4O3. The van der Waals surface area contributed by atoms with Crippen molar-refractivity contribution in [3.63, 3.8) is 0 Å². The normalized spacial score (nSPS) is 10.9. The molecule has 0 bridgehead atoms. The highest BCUT2D eigenvalue weighted by molar-refractivity contribution is 14.0. The highest BCUT2D eigenvalue weighted by atomic mass is 127. The first kappa shape index (κ1) is 23.1. The summed E-state index contributed by atoms with van der Waals surface area (Å²) < 4.78 is 10.5. The third-order valence-electron chi connectivity index (χ3n) is 3.59. The number of nitrogens with one attached hydrogen (secondary N) is 2. The van der Waals surface area contributed by atoms with Crippen molar-refractivity contribution in [3.05, 3.63) is 52.4 Å². The summed E-state index contributed by atoms with van der Waals surface area (Å²) in [7, 11) is 1.61. The van der Waals surface area contributed by atoms with Gasteiger partial charge in [0.05, 0.1) is 7.11 Å². The summed E-state index contributed by atoms with van der Waals surface area (Å²) in [5.74, 6) is 1.47. The molecule has 7 nitrogen and oxygen atoms in total. The lowest BCUT2D eigenvalue weighted by Gasteiger charge is -2.12. The van der Waals surface area contributed by atoms with Crippen LogP contribution in [0.2, 0.25) is 5.02 Å². The summed E-state index contributed by atoms with van der Waals surface area (Å²) in [6, 6.07) is 8.85. The van der Waals surface area contributed by atoms with Gasteiger partial charge in [0, 0.05) is 18.1 Å². The van der Waals surface area contributed by atoms with Gasteiger partial charge in [0.25, 0.3) is 5.91 Å². The third-order valence-corrected chi connectivity index (χ3v) is 3.94. The van der Waals surface area contributed by atoms with Crippen molar-refractivity contribution in [3.8, 4) is 5.75 Å². The zero-order chi connectivity index (χ0) is 18.9. The summed E-state index contributed by atoms with van der Waals surface area (Å²) in [5, 5.41) is 7.06. The maximum Gasteiger partial charge on any atom is 0.284 e. The van der Waals surface area contributed by atoms with Crippen LogP contribution in [0, 0.1) is 0 Å². The maximum absolute atomic E-state index is 11.0. The summed E-state index contributed by atoms with van der Waals surface area (Å²) in [6.07, 6.45) is 0.736. The SMILES string of the molecule is CCNC(=NCc1ccc(C(N)=O)o1)NCCc1ccc(OC)cc1Cl.I. The number of rotatable bonds is 8. The standard InChI is InChI=1S/C18H23ClN4O3.HI/c1-3-21-18(23-11-14-6-7-16(26-14)17(20)24)22-9-8-12-4-5-13(25-2)10-15(12)19;/h4-7,10H,3,8-9,11H2,1-2H3,(H2,20,24)(H2,21,22,23);1H. The fourth-order valence-corrected chi connectivity index (χ4v) is 2.53. The lowest BCUT2D eigenvalue weighted by molar-refractivity contribution is 0.0972. The van der Waals surface area contributed by atoms with E-state index in [-0.39, 0.29) is 29.7 Å². The minimum absolute atomic E-state index is 0. The molecule has 1 aromatic carbocycles. The molecule has 4 N–H and O–H groups in total. The number of nitrogens with two attached hydrogens (primary N) is 1. The Morgan fingerprint density at radius 3 is 2.67 bits per heavy atom. The number of halogens is 2. The van der Waals surface area contributed by atoms with Crippen molar-refractivity contribution >= 4 is 47.4 Å². The Morgan fingerprint density at radius 1 is 1.30 bits per heavy atom. The van der Waals surface area contributed by atoms with Crippen molar-refractivity contribution in [2.45, 2.75) is 19.9 Å². The molecule has 0 radical (unpaired) electrons. The number of aliphatic imine (C=N–C) groups is 1. The first-order valence-electron chi connectivity index (χ1n) is 8.26. The topological polar surface area (TPSA) is 102 Å². The second kappa shape index (κ2) is 11.7. The van der Waals surface area contributed by atoms with Crippen LogP contribution in [0.4, 0.5) is 0 Å². The van der Waals surface area contributed by atoms with E-state index in [4.69, 9.17) is 26.5 Å². The number of nitrogens with zero attached hydrogens (tertiary/aromatic N) is 1. The van der Waals surface area contributed by atoms with Crippen LogP contribution in [0.1, 0.15) is 28.8 Å². The summed E-state index contributed by atoms with van der Waals surface area (Å²) in [5.41, 5.74) is 6.19. The van der Waals surface area contributed by atoms with Crippen LogP contribution in [0.5, 0.6) is 5.75 Å². The Kier molecular flexibility index (Phi) is 10.0. The quantitative estimate of drug-likeness (QED) is 0.290. The molecule has 0 saturated carbocycles. The van der Waals surface area contributed by atoms with E-state index >= 15 is 0 Å². The number of guanidine groups is 1. The second-order valence-corrected chi connectivity index (χ2v) is 5.87. The number of benzene rings is 1. The molecule has 9 heteroatoms. The predicted octanol–water partition coefficient (Wildman–Crippen LogP) is 2.96. The molecule has 0 unspecified atom stereocenters. The number of ether oxygens (including phenoxy) is 1. The smallest absolute Gasteiger partial charge is 0.284 e. The predicted molar refractivity (Wildman–Crippen MR) is 117 cm³/mol. The Bertz CT molecular complexity index is 780. The summed E-state index contributed by atoms with van der Waals surface area (Å²) in [4.78, 5) is 15.5. The molecule has 2 rings (SSSR count). The third kappa shape index (κ3) is 7.30. The molecule has 0 spiro atoms. The van der Waals surface area contributed by atoms with Gasteiger partial charge < -0.3 is 25.5 Å². The van der Waals surface area contributed by atoms with E-state index in [1.165, 1.54) is 0 Å². The van der Waals surface area contributed by atoms with Gasteiger partial charge in [0.1, 0.15) is 18.1 Å². The summed E-state index contributed by atoms with van der Waals surface area (Å²) in [6.45, 7) is 3.66. The van der Waals surface area contributed by atoms with E-state index in [0.29, 0.717) is 29.8 Å². The van der Waals surface area contributed by atoms with Crippen molar-refractivity contribution < 1.29 is 13.9 Å². The van der Waals surface area contributed by atoms with Gasteiger partial charge in [0.15, 0.2) is 11.7 Å². The number of furan rings is 1.